The molecule has 0 radical (unpaired) electrons. The lowest BCUT2D eigenvalue weighted by atomic mass is 10.1. The summed E-state index contributed by atoms with van der Waals surface area (Å²) >= 11 is 4.87. The maximum Gasteiger partial charge on any atom is 0.255 e. The molecule has 1 aromatic heterocycles. The number of aromatic amines is 2. The van der Waals surface area contributed by atoms with Crippen molar-refractivity contribution < 1.29 is 4.39 Å². The Morgan fingerprint density at radius 3 is 2.75 bits per heavy atom. The number of halogens is 1. The van der Waals surface area contributed by atoms with Crippen LogP contribution in [0.4, 0.5) is 4.39 Å². The topological polar surface area (TPSA) is 48.6 Å². The molecule has 1 heterocycles. The second-order valence-corrected chi connectivity index (χ2v) is 3.83. The summed E-state index contributed by atoms with van der Waals surface area (Å²) in [6.07, 6.45) is 0. The van der Waals surface area contributed by atoms with Crippen molar-refractivity contribution in [3.8, 4) is 11.3 Å². The van der Waals surface area contributed by atoms with Crippen LogP contribution < -0.4 is 5.56 Å². The third-order valence-corrected chi connectivity index (χ3v) is 2.50. The predicted molar refractivity (Wildman–Crippen MR) is 62.4 cm³/mol. The summed E-state index contributed by atoms with van der Waals surface area (Å²) in [5.74, 6) is -0.350. The van der Waals surface area contributed by atoms with Gasteiger partial charge in [-0.1, -0.05) is 12.1 Å². The summed E-state index contributed by atoms with van der Waals surface area (Å²) in [6.45, 7) is 1.66. The first-order valence-corrected chi connectivity index (χ1v) is 5.08. The van der Waals surface area contributed by atoms with Gasteiger partial charge in [0.25, 0.3) is 5.56 Å². The molecule has 1 aromatic carbocycles. The number of hydrogen-bond acceptors (Lipinski definition) is 2. The molecule has 16 heavy (non-hydrogen) atoms. The van der Waals surface area contributed by atoms with Gasteiger partial charge >= 0.3 is 0 Å². The van der Waals surface area contributed by atoms with Gasteiger partial charge in [0.05, 0.1) is 5.69 Å². The number of H-pyrrole nitrogens is 2. The molecule has 0 atom stereocenters. The van der Waals surface area contributed by atoms with Crippen molar-refractivity contribution in [2.24, 2.45) is 0 Å². The minimum atomic E-state index is -0.350. The molecule has 2 aromatic rings. The second-order valence-electron chi connectivity index (χ2n) is 3.42. The molecule has 0 fully saturated rings. The van der Waals surface area contributed by atoms with E-state index in [2.05, 4.69) is 9.97 Å². The summed E-state index contributed by atoms with van der Waals surface area (Å²) in [5, 5.41) is 0. The minimum absolute atomic E-state index is 0.231. The van der Waals surface area contributed by atoms with E-state index >= 15 is 0 Å². The Kier molecular flexibility index (Phi) is 2.70. The minimum Gasteiger partial charge on any atom is -0.332 e. The van der Waals surface area contributed by atoms with E-state index in [1.807, 2.05) is 0 Å². The number of aromatic nitrogens is 2. The highest BCUT2D eigenvalue weighted by atomic mass is 32.1. The van der Waals surface area contributed by atoms with Gasteiger partial charge in [-0.3, -0.25) is 9.78 Å². The van der Waals surface area contributed by atoms with Crippen LogP contribution >= 0.6 is 12.2 Å². The average Bonchev–Trinajstić information content (AvgIpc) is 2.23. The molecule has 0 aliphatic heterocycles. The quantitative estimate of drug-likeness (QED) is 0.747. The first-order valence-electron chi connectivity index (χ1n) is 4.67. The summed E-state index contributed by atoms with van der Waals surface area (Å²) in [7, 11) is 0. The van der Waals surface area contributed by atoms with Gasteiger partial charge in [-0.25, -0.2) is 4.39 Å². The molecule has 0 unspecified atom stereocenters. The highest BCUT2D eigenvalue weighted by Crippen LogP contribution is 2.18. The van der Waals surface area contributed by atoms with Gasteiger partial charge in [0.2, 0.25) is 0 Å². The molecule has 3 nitrogen and oxygen atoms in total. The van der Waals surface area contributed by atoms with Gasteiger partial charge in [0.15, 0.2) is 4.77 Å². The van der Waals surface area contributed by atoms with E-state index in [1.165, 1.54) is 12.1 Å². The second kappa shape index (κ2) is 4.02. The van der Waals surface area contributed by atoms with Crippen molar-refractivity contribution in [2.45, 2.75) is 6.92 Å². The molecule has 5 heteroatoms. The Bertz CT molecular complexity index is 645. The lowest BCUT2D eigenvalue weighted by Crippen LogP contribution is -2.12. The first kappa shape index (κ1) is 10.8. The number of nitrogens with one attached hydrogen (secondary N) is 2. The molecule has 0 saturated carbocycles. The summed E-state index contributed by atoms with van der Waals surface area (Å²) < 4.78 is 13.3. The Hall–Kier alpha value is -1.75. The predicted octanol–water partition coefficient (Wildman–Crippen LogP) is 2.55. The van der Waals surface area contributed by atoms with Crippen molar-refractivity contribution >= 4 is 12.2 Å². The maximum absolute atomic E-state index is 13.1. The standard InChI is InChI=1S/C11H9FN2OS/c1-6-9(13-11(16)14-10(6)15)7-3-2-4-8(12)5-7/h2-5H,1H3,(H2,13,14,15,16). The summed E-state index contributed by atoms with van der Waals surface area (Å²) in [6, 6.07) is 6.01. The van der Waals surface area contributed by atoms with E-state index in [9.17, 15) is 9.18 Å². The molecular formula is C11H9FN2OS. The van der Waals surface area contributed by atoms with Gasteiger partial charge in [-0.2, -0.15) is 0 Å². The summed E-state index contributed by atoms with van der Waals surface area (Å²) in [5.41, 5.74) is 1.38. The average molecular weight is 236 g/mol. The number of hydrogen-bond donors (Lipinski definition) is 2. The van der Waals surface area contributed by atoms with Crippen molar-refractivity contribution in [3.63, 3.8) is 0 Å². The number of benzene rings is 1. The highest BCUT2D eigenvalue weighted by molar-refractivity contribution is 7.71. The number of rotatable bonds is 1. The Morgan fingerprint density at radius 1 is 1.31 bits per heavy atom. The van der Waals surface area contributed by atoms with Crippen molar-refractivity contribution in [2.75, 3.05) is 0 Å². The van der Waals surface area contributed by atoms with Gasteiger partial charge in [-0.05, 0) is 31.3 Å². The van der Waals surface area contributed by atoms with Crippen LogP contribution in [0, 0.1) is 17.5 Å². The highest BCUT2D eigenvalue weighted by Gasteiger charge is 2.06. The Morgan fingerprint density at radius 2 is 2.06 bits per heavy atom. The fraction of sp³-hybridized carbons (Fsp3) is 0.0909. The van der Waals surface area contributed by atoms with Crippen LogP contribution in [0.15, 0.2) is 29.1 Å². The van der Waals surface area contributed by atoms with Crippen molar-refractivity contribution in [1.82, 2.24) is 9.97 Å². The van der Waals surface area contributed by atoms with E-state index in [0.29, 0.717) is 16.8 Å². The third kappa shape index (κ3) is 1.94. The lowest BCUT2D eigenvalue weighted by Gasteiger charge is -2.05. The van der Waals surface area contributed by atoms with E-state index in [-0.39, 0.29) is 16.1 Å². The normalized spacial score (nSPS) is 10.4. The zero-order valence-electron chi connectivity index (χ0n) is 8.50. The third-order valence-electron chi connectivity index (χ3n) is 2.29. The van der Waals surface area contributed by atoms with Crippen LogP contribution in [0.1, 0.15) is 5.56 Å². The molecule has 82 valence electrons. The van der Waals surface area contributed by atoms with Crippen LogP contribution in [0.2, 0.25) is 0 Å². The van der Waals surface area contributed by atoms with Crippen LogP contribution in [-0.4, -0.2) is 9.97 Å². The van der Waals surface area contributed by atoms with Gasteiger partial charge in [-0.15, -0.1) is 0 Å². The Balaban J connectivity index is 2.74. The van der Waals surface area contributed by atoms with Crippen molar-refractivity contribution in [1.29, 1.82) is 0 Å². The van der Waals surface area contributed by atoms with Gasteiger partial charge < -0.3 is 4.98 Å². The molecule has 0 aliphatic rings. The molecule has 2 N–H and O–H groups in total. The fourth-order valence-electron chi connectivity index (χ4n) is 1.48. The zero-order chi connectivity index (χ0) is 11.7. The van der Waals surface area contributed by atoms with Crippen LogP contribution in [0.3, 0.4) is 0 Å². The van der Waals surface area contributed by atoms with Gasteiger partial charge in [0, 0.05) is 11.1 Å². The molecule has 0 bridgehead atoms. The van der Waals surface area contributed by atoms with Crippen LogP contribution in [0.5, 0.6) is 0 Å². The molecule has 0 spiro atoms. The smallest absolute Gasteiger partial charge is 0.255 e. The maximum atomic E-state index is 13.1. The first-order chi connectivity index (χ1) is 7.58. The van der Waals surface area contributed by atoms with E-state index in [1.54, 1.807) is 19.1 Å². The molecule has 0 aliphatic carbocycles. The molecule has 2 rings (SSSR count). The lowest BCUT2D eigenvalue weighted by molar-refractivity contribution is 0.628. The zero-order valence-corrected chi connectivity index (χ0v) is 9.32. The largest absolute Gasteiger partial charge is 0.332 e. The SMILES string of the molecule is Cc1c(-c2cccc(F)c2)[nH]c(=S)[nH]c1=O. The van der Waals surface area contributed by atoms with Crippen LogP contribution in [-0.2, 0) is 0 Å². The van der Waals surface area contributed by atoms with E-state index in [0.717, 1.165) is 0 Å². The monoisotopic (exact) mass is 236 g/mol. The fourth-order valence-corrected chi connectivity index (χ4v) is 1.68. The van der Waals surface area contributed by atoms with Crippen LogP contribution in [0.25, 0.3) is 11.3 Å². The summed E-state index contributed by atoms with van der Waals surface area (Å²) in [4.78, 5) is 16.8. The molecular weight excluding hydrogens is 227 g/mol. The van der Waals surface area contributed by atoms with E-state index < -0.39 is 0 Å². The molecule has 0 saturated heterocycles. The Labute approximate surface area is 96.0 Å². The van der Waals surface area contributed by atoms with Gasteiger partial charge in [0.1, 0.15) is 5.82 Å². The molecule has 0 amide bonds. The van der Waals surface area contributed by atoms with E-state index in [4.69, 9.17) is 12.2 Å². The van der Waals surface area contributed by atoms with Crippen molar-refractivity contribution in [3.05, 3.63) is 50.8 Å².